The van der Waals surface area contributed by atoms with Crippen molar-refractivity contribution in [2.45, 2.75) is 84.2 Å². The highest BCUT2D eigenvalue weighted by atomic mass is 16.8. The van der Waals surface area contributed by atoms with Gasteiger partial charge in [0.05, 0.1) is 19.6 Å². The molecule has 0 spiro atoms. The molecule has 1 aliphatic rings. The Morgan fingerprint density at radius 3 is 1.89 bits per heavy atom. The molecule has 1 fully saturated rings. The van der Waals surface area contributed by atoms with Crippen LogP contribution in [-0.2, 0) is 66.7 Å². The Balaban J connectivity index is 3.83. The molecular weight excluding hydrogens is 502 g/mol. The first kappa shape index (κ1) is 31.3. The maximum absolute atomic E-state index is 12.8. The topological polar surface area (TPSA) is 196 Å². The molecule has 1 aliphatic heterocycles. The van der Waals surface area contributed by atoms with Gasteiger partial charge in [0.25, 0.3) is 0 Å². The predicted octanol–water partition coefficient (Wildman–Crippen LogP) is -0.929. The highest BCUT2D eigenvalue weighted by molar-refractivity contribution is 5.82. The number of carbonyl (C=O) groups is 7. The lowest BCUT2D eigenvalue weighted by Crippen LogP contribution is -2.69. The average Bonchev–Trinajstić information content (AvgIpc) is 2.74. The van der Waals surface area contributed by atoms with Crippen molar-refractivity contribution in [2.75, 3.05) is 13.7 Å². The van der Waals surface area contributed by atoms with Crippen LogP contribution in [0.15, 0.2) is 0 Å². The molecule has 0 aromatic heterocycles. The maximum Gasteiger partial charge on any atom is 0.379 e. The molecule has 0 radical (unpaired) electrons. The molecule has 1 rings (SSSR count). The Labute approximate surface area is 212 Å². The van der Waals surface area contributed by atoms with E-state index in [1.165, 1.54) is 0 Å². The highest BCUT2D eigenvalue weighted by Crippen LogP contribution is 2.37. The smallest absolute Gasteiger partial charge is 0.379 e. The minimum Gasteiger partial charge on any atom is -0.464 e. The van der Waals surface area contributed by atoms with E-state index in [1.807, 2.05) is 0 Å². The molecule has 6 atom stereocenters. The van der Waals surface area contributed by atoms with Crippen LogP contribution in [0.5, 0.6) is 0 Å². The van der Waals surface area contributed by atoms with Crippen molar-refractivity contribution in [3.8, 4) is 0 Å². The summed E-state index contributed by atoms with van der Waals surface area (Å²) in [6.45, 7) is 5.60. The van der Waals surface area contributed by atoms with E-state index in [0.717, 1.165) is 48.7 Å². The summed E-state index contributed by atoms with van der Waals surface area (Å²) in [5, 5.41) is 2.49. The molecule has 15 nitrogen and oxygen atoms in total. The number of hydrogen-bond acceptors (Lipinski definition) is 14. The summed E-state index contributed by atoms with van der Waals surface area (Å²) >= 11 is 0. The van der Waals surface area contributed by atoms with Crippen molar-refractivity contribution in [3.05, 3.63) is 0 Å². The summed E-state index contributed by atoms with van der Waals surface area (Å²) in [7, 11) is 0.971. The number of rotatable bonds is 10. The molecule has 15 heteroatoms. The van der Waals surface area contributed by atoms with Gasteiger partial charge in [-0.1, -0.05) is 0 Å². The summed E-state index contributed by atoms with van der Waals surface area (Å²) in [6, 6.07) is -1.35. The summed E-state index contributed by atoms with van der Waals surface area (Å²) in [6.07, 6.45) is -6.98. The zero-order valence-electron chi connectivity index (χ0n) is 21.5. The van der Waals surface area contributed by atoms with E-state index >= 15 is 0 Å². The molecule has 1 heterocycles. The molecule has 1 unspecified atom stereocenters. The molecule has 1 amide bonds. The van der Waals surface area contributed by atoms with Crippen LogP contribution in [0.4, 0.5) is 0 Å². The lowest BCUT2D eigenvalue weighted by molar-refractivity contribution is -0.304. The molecule has 0 aromatic rings. The first-order chi connectivity index (χ1) is 17.1. The van der Waals surface area contributed by atoms with E-state index in [2.05, 4.69) is 5.32 Å². The molecule has 1 N–H and O–H groups in total. The quantitative estimate of drug-likeness (QED) is 0.267. The van der Waals surface area contributed by atoms with Gasteiger partial charge in [0.15, 0.2) is 12.2 Å². The zero-order chi connectivity index (χ0) is 28.5. The van der Waals surface area contributed by atoms with E-state index in [0.29, 0.717) is 0 Å². The van der Waals surface area contributed by atoms with Gasteiger partial charge in [-0.2, -0.15) is 0 Å². The van der Waals surface area contributed by atoms with Gasteiger partial charge < -0.3 is 38.5 Å². The Kier molecular flexibility index (Phi) is 11.4. The summed E-state index contributed by atoms with van der Waals surface area (Å²) < 4.78 is 36.6. The van der Waals surface area contributed by atoms with E-state index in [-0.39, 0.29) is 0 Å². The van der Waals surface area contributed by atoms with Crippen LogP contribution in [-0.4, -0.2) is 91.7 Å². The first-order valence-electron chi connectivity index (χ1n) is 11.0. The van der Waals surface area contributed by atoms with Crippen molar-refractivity contribution in [1.29, 1.82) is 0 Å². The number of ether oxygens (including phenoxy) is 7. The fourth-order valence-electron chi connectivity index (χ4n) is 3.74. The van der Waals surface area contributed by atoms with E-state index in [4.69, 9.17) is 33.2 Å². The Morgan fingerprint density at radius 2 is 1.46 bits per heavy atom. The predicted molar refractivity (Wildman–Crippen MR) is 117 cm³/mol. The lowest BCUT2D eigenvalue weighted by atomic mass is 9.88. The molecule has 0 saturated carbocycles. The third-order valence-electron chi connectivity index (χ3n) is 4.80. The molecule has 37 heavy (non-hydrogen) atoms. The first-order valence-corrected chi connectivity index (χ1v) is 11.0. The van der Waals surface area contributed by atoms with Gasteiger partial charge in [0.1, 0.15) is 18.8 Å². The second-order valence-electron chi connectivity index (χ2n) is 8.02. The van der Waals surface area contributed by atoms with Crippen LogP contribution in [0.2, 0.25) is 0 Å². The standard InChI is InChI=1S/C22H31NO14/c1-10(24)23-18-16(33-12(3)26)8-22(21(30)31-7,36-15(6)29)37-20(18)19(35-14(5)28)17(34-13(4)27)9-32-11(2)25/h16-20H,8-9H2,1-7H3,(H,23,24)/t16-,17+,18+,19+,20+,22?/m0/s1. The van der Waals surface area contributed by atoms with Crippen molar-refractivity contribution in [2.24, 2.45) is 0 Å². The van der Waals surface area contributed by atoms with Gasteiger partial charge in [-0.25, -0.2) is 4.79 Å². The van der Waals surface area contributed by atoms with E-state index < -0.39 is 91.0 Å². The second kappa shape index (κ2) is 13.5. The summed E-state index contributed by atoms with van der Waals surface area (Å²) in [5.74, 6) is -8.84. The van der Waals surface area contributed by atoms with Crippen LogP contribution in [0, 0.1) is 0 Å². The molecule has 208 valence electrons. The third kappa shape index (κ3) is 9.33. The van der Waals surface area contributed by atoms with Crippen LogP contribution in [0.25, 0.3) is 0 Å². The Hall–Kier alpha value is -3.75. The van der Waals surface area contributed by atoms with Crippen molar-refractivity contribution in [3.63, 3.8) is 0 Å². The number of amides is 1. The monoisotopic (exact) mass is 533 g/mol. The van der Waals surface area contributed by atoms with Gasteiger partial charge in [-0.05, 0) is 0 Å². The van der Waals surface area contributed by atoms with Crippen LogP contribution in [0.3, 0.4) is 0 Å². The molecular formula is C22H31NO14. The maximum atomic E-state index is 12.8. The Bertz CT molecular complexity index is 917. The van der Waals surface area contributed by atoms with Crippen LogP contribution >= 0.6 is 0 Å². The van der Waals surface area contributed by atoms with Crippen LogP contribution in [0.1, 0.15) is 48.0 Å². The number of esters is 6. The normalized spacial score (nSPS) is 24.4. The lowest BCUT2D eigenvalue weighted by Gasteiger charge is -2.48. The minimum atomic E-state index is -2.54. The van der Waals surface area contributed by atoms with Crippen molar-refractivity contribution in [1.82, 2.24) is 5.32 Å². The van der Waals surface area contributed by atoms with Crippen molar-refractivity contribution >= 4 is 41.7 Å². The van der Waals surface area contributed by atoms with Crippen molar-refractivity contribution < 1.29 is 66.7 Å². The minimum absolute atomic E-state index is 0.630. The fraction of sp³-hybridized carbons (Fsp3) is 0.682. The summed E-state index contributed by atoms with van der Waals surface area (Å²) in [4.78, 5) is 84.1. The zero-order valence-corrected chi connectivity index (χ0v) is 21.5. The SMILES string of the molecule is COC(=O)C1(OC(C)=O)C[C@H](OC(C)=O)[C@@H](NC(C)=O)[C@H]([C@H](OC(C)=O)[C@@H](COC(C)=O)OC(C)=O)O1. The Morgan fingerprint density at radius 1 is 0.865 bits per heavy atom. The van der Waals surface area contributed by atoms with Gasteiger partial charge in [-0.3, -0.25) is 28.8 Å². The third-order valence-corrected chi connectivity index (χ3v) is 4.80. The second-order valence-corrected chi connectivity index (χ2v) is 8.02. The highest BCUT2D eigenvalue weighted by Gasteiger charge is 2.60. The largest absolute Gasteiger partial charge is 0.464 e. The van der Waals surface area contributed by atoms with E-state index in [1.54, 1.807) is 0 Å². The number of nitrogens with one attached hydrogen (secondary N) is 1. The van der Waals surface area contributed by atoms with Crippen LogP contribution < -0.4 is 5.32 Å². The summed E-state index contributed by atoms with van der Waals surface area (Å²) in [5.41, 5.74) is 0. The molecule has 0 bridgehead atoms. The average molecular weight is 533 g/mol. The van der Waals surface area contributed by atoms with Gasteiger partial charge >= 0.3 is 41.6 Å². The number of methoxy groups -OCH3 is 1. The molecule has 0 aliphatic carbocycles. The van der Waals surface area contributed by atoms with Gasteiger partial charge in [0.2, 0.25) is 5.91 Å². The van der Waals surface area contributed by atoms with E-state index in [9.17, 15) is 33.6 Å². The number of hydrogen-bond donors (Lipinski definition) is 1. The fourth-order valence-corrected chi connectivity index (χ4v) is 3.74. The molecule has 0 aromatic carbocycles. The van der Waals surface area contributed by atoms with Gasteiger partial charge in [-0.15, -0.1) is 0 Å². The molecule has 1 saturated heterocycles. The van der Waals surface area contributed by atoms with Gasteiger partial charge in [0, 0.05) is 41.5 Å². The number of carbonyl (C=O) groups excluding carboxylic acids is 7.